The lowest BCUT2D eigenvalue weighted by atomic mass is 9.81. The van der Waals surface area contributed by atoms with Crippen LogP contribution in [0.4, 0.5) is 4.79 Å². The summed E-state index contributed by atoms with van der Waals surface area (Å²) in [7, 11) is 0. The summed E-state index contributed by atoms with van der Waals surface area (Å²) in [6.07, 6.45) is 8.52. The molecule has 0 saturated heterocycles. The molecule has 0 radical (unpaired) electrons. The first-order valence-corrected chi connectivity index (χ1v) is 9.99. The minimum Gasteiger partial charge on any atom is -0.465 e. The van der Waals surface area contributed by atoms with Crippen LogP contribution in [0.1, 0.15) is 43.0 Å². The first-order valence-electron chi connectivity index (χ1n) is 9.61. The quantitative estimate of drug-likeness (QED) is 0.667. The number of nitrogens with zero attached hydrogens (tertiary/aromatic N) is 4. The van der Waals surface area contributed by atoms with Gasteiger partial charge in [-0.15, -0.1) is 0 Å². The lowest BCUT2D eigenvalue weighted by molar-refractivity contribution is 0.126. The maximum absolute atomic E-state index is 11.7. The van der Waals surface area contributed by atoms with Crippen LogP contribution in [0.25, 0.3) is 5.52 Å². The first-order chi connectivity index (χ1) is 13.6. The van der Waals surface area contributed by atoms with E-state index in [-0.39, 0.29) is 0 Å². The van der Waals surface area contributed by atoms with E-state index in [1.807, 2.05) is 40.9 Å². The molecule has 1 aliphatic carbocycles. The van der Waals surface area contributed by atoms with Crippen molar-refractivity contribution in [3.63, 3.8) is 0 Å². The SMILES string of the molecule is O=C(O)N(Cc1ccccc1)CC1CCC(c2ncc3c(Cl)nccn23)CC1. The highest BCUT2D eigenvalue weighted by molar-refractivity contribution is 6.32. The third-order valence-electron chi connectivity index (χ3n) is 5.62. The molecular formula is C21H23ClN4O2. The van der Waals surface area contributed by atoms with E-state index in [9.17, 15) is 9.90 Å². The number of benzene rings is 1. The number of aromatic nitrogens is 3. The summed E-state index contributed by atoms with van der Waals surface area (Å²) < 4.78 is 2.03. The summed E-state index contributed by atoms with van der Waals surface area (Å²) in [4.78, 5) is 21.9. The number of carboxylic acid groups (broad SMARTS) is 1. The van der Waals surface area contributed by atoms with Gasteiger partial charge in [0, 0.05) is 31.4 Å². The van der Waals surface area contributed by atoms with Crippen molar-refractivity contribution in [1.29, 1.82) is 0 Å². The highest BCUT2D eigenvalue weighted by Crippen LogP contribution is 2.36. The van der Waals surface area contributed by atoms with Crippen molar-refractivity contribution < 1.29 is 9.90 Å². The monoisotopic (exact) mass is 398 g/mol. The molecule has 2 aromatic heterocycles. The summed E-state index contributed by atoms with van der Waals surface area (Å²) in [6, 6.07) is 9.76. The van der Waals surface area contributed by atoms with E-state index in [0.29, 0.717) is 30.1 Å². The Hall–Kier alpha value is -2.60. The Kier molecular flexibility index (Phi) is 5.48. The van der Waals surface area contributed by atoms with Crippen LogP contribution in [-0.2, 0) is 6.54 Å². The minimum atomic E-state index is -0.854. The van der Waals surface area contributed by atoms with Gasteiger partial charge in [0.2, 0.25) is 0 Å². The molecule has 1 fully saturated rings. The largest absolute Gasteiger partial charge is 0.465 e. The van der Waals surface area contributed by atoms with Gasteiger partial charge in [-0.05, 0) is 37.2 Å². The number of carbonyl (C=O) groups is 1. The van der Waals surface area contributed by atoms with E-state index >= 15 is 0 Å². The van der Waals surface area contributed by atoms with E-state index in [4.69, 9.17) is 11.6 Å². The van der Waals surface area contributed by atoms with Crippen molar-refractivity contribution in [2.24, 2.45) is 5.92 Å². The van der Waals surface area contributed by atoms with E-state index in [0.717, 1.165) is 42.6 Å². The molecule has 0 bridgehead atoms. The van der Waals surface area contributed by atoms with Gasteiger partial charge in [-0.2, -0.15) is 0 Å². The van der Waals surface area contributed by atoms with Crippen LogP contribution in [0.2, 0.25) is 5.15 Å². The molecule has 0 unspecified atom stereocenters. The average molecular weight is 399 g/mol. The van der Waals surface area contributed by atoms with Crippen molar-refractivity contribution in [2.75, 3.05) is 6.54 Å². The fraction of sp³-hybridized carbons (Fsp3) is 0.381. The van der Waals surface area contributed by atoms with Gasteiger partial charge in [0.25, 0.3) is 0 Å². The Bertz CT molecular complexity index is 951. The fourth-order valence-electron chi connectivity index (χ4n) is 4.15. The van der Waals surface area contributed by atoms with Crippen LogP contribution in [0, 0.1) is 5.92 Å². The van der Waals surface area contributed by atoms with Crippen molar-refractivity contribution in [1.82, 2.24) is 19.3 Å². The van der Waals surface area contributed by atoms with Crippen LogP contribution in [0.3, 0.4) is 0 Å². The summed E-state index contributed by atoms with van der Waals surface area (Å²) >= 11 is 6.15. The van der Waals surface area contributed by atoms with Crippen molar-refractivity contribution >= 4 is 23.2 Å². The molecule has 28 heavy (non-hydrogen) atoms. The highest BCUT2D eigenvalue weighted by atomic mass is 35.5. The molecule has 4 rings (SSSR count). The molecular weight excluding hydrogens is 376 g/mol. The summed E-state index contributed by atoms with van der Waals surface area (Å²) in [5, 5.41) is 10.1. The van der Waals surface area contributed by atoms with Crippen molar-refractivity contribution in [3.05, 3.63) is 65.5 Å². The highest BCUT2D eigenvalue weighted by Gasteiger charge is 2.28. The normalized spacial score (nSPS) is 19.6. The molecule has 3 aromatic rings. The molecule has 1 N–H and O–H groups in total. The standard InChI is InChI=1S/C21H23ClN4O2/c22-19-18-12-24-20(26(18)11-10-23-19)17-8-6-16(7-9-17)14-25(21(27)28)13-15-4-2-1-3-5-15/h1-5,10-12,16-17H,6-9,13-14H2,(H,27,28). The molecule has 0 atom stereocenters. The van der Waals surface area contributed by atoms with E-state index in [1.165, 1.54) is 4.90 Å². The first kappa shape index (κ1) is 18.7. The molecule has 1 aliphatic rings. The number of halogens is 1. The third-order valence-corrected chi connectivity index (χ3v) is 5.91. The van der Waals surface area contributed by atoms with E-state index in [1.54, 1.807) is 12.4 Å². The molecule has 0 aliphatic heterocycles. The topological polar surface area (TPSA) is 70.7 Å². The summed E-state index contributed by atoms with van der Waals surface area (Å²) in [5.74, 6) is 1.77. The second-order valence-electron chi connectivity index (χ2n) is 7.46. The zero-order valence-corrected chi connectivity index (χ0v) is 16.3. The Labute approximate surface area is 168 Å². The molecule has 146 valence electrons. The lowest BCUT2D eigenvalue weighted by Gasteiger charge is -2.31. The van der Waals surface area contributed by atoms with Gasteiger partial charge in [-0.3, -0.25) is 4.40 Å². The van der Waals surface area contributed by atoms with Crippen molar-refractivity contribution in [3.8, 4) is 0 Å². The Morgan fingerprint density at radius 2 is 1.93 bits per heavy atom. The molecule has 0 spiro atoms. The number of amides is 1. The molecule has 1 saturated carbocycles. The smallest absolute Gasteiger partial charge is 0.407 e. The number of fused-ring (bicyclic) bond motifs is 1. The maximum Gasteiger partial charge on any atom is 0.407 e. The zero-order valence-electron chi connectivity index (χ0n) is 15.5. The van der Waals surface area contributed by atoms with Gasteiger partial charge in [-0.1, -0.05) is 41.9 Å². The van der Waals surface area contributed by atoms with Crippen LogP contribution in [0.5, 0.6) is 0 Å². The lowest BCUT2D eigenvalue weighted by Crippen LogP contribution is -2.35. The van der Waals surface area contributed by atoms with Gasteiger partial charge >= 0.3 is 6.09 Å². The van der Waals surface area contributed by atoms with Crippen LogP contribution in [-0.4, -0.2) is 37.0 Å². The predicted octanol–water partition coefficient (Wildman–Crippen LogP) is 4.84. The Balaban J connectivity index is 1.39. The Morgan fingerprint density at radius 1 is 1.18 bits per heavy atom. The van der Waals surface area contributed by atoms with Crippen LogP contribution >= 0.6 is 11.6 Å². The van der Waals surface area contributed by atoms with Crippen molar-refractivity contribution in [2.45, 2.75) is 38.1 Å². The minimum absolute atomic E-state index is 0.365. The van der Waals surface area contributed by atoms with Crippen LogP contribution < -0.4 is 0 Å². The van der Waals surface area contributed by atoms with Gasteiger partial charge in [0.05, 0.1) is 6.20 Å². The second kappa shape index (κ2) is 8.19. The number of rotatable bonds is 5. The van der Waals surface area contributed by atoms with Gasteiger partial charge in [0.1, 0.15) is 11.3 Å². The predicted molar refractivity (Wildman–Crippen MR) is 108 cm³/mol. The fourth-order valence-corrected chi connectivity index (χ4v) is 4.34. The molecule has 6 nitrogen and oxygen atoms in total. The number of imidazole rings is 1. The zero-order chi connectivity index (χ0) is 19.5. The maximum atomic E-state index is 11.7. The second-order valence-corrected chi connectivity index (χ2v) is 7.81. The van der Waals surface area contributed by atoms with E-state index < -0.39 is 6.09 Å². The summed E-state index contributed by atoms with van der Waals surface area (Å²) in [5.41, 5.74) is 1.86. The van der Waals surface area contributed by atoms with Crippen LogP contribution in [0.15, 0.2) is 48.9 Å². The number of hydrogen-bond acceptors (Lipinski definition) is 3. The Morgan fingerprint density at radius 3 is 2.64 bits per heavy atom. The molecule has 1 aromatic carbocycles. The van der Waals surface area contributed by atoms with E-state index in [2.05, 4.69) is 9.97 Å². The molecule has 7 heteroatoms. The third kappa shape index (κ3) is 3.97. The average Bonchev–Trinajstić information content (AvgIpc) is 3.14. The molecule has 2 heterocycles. The summed E-state index contributed by atoms with van der Waals surface area (Å²) in [6.45, 7) is 1.02. The number of hydrogen-bond donors (Lipinski definition) is 1. The molecule has 1 amide bonds. The van der Waals surface area contributed by atoms with Gasteiger partial charge < -0.3 is 10.0 Å². The van der Waals surface area contributed by atoms with Gasteiger partial charge in [-0.25, -0.2) is 14.8 Å². The van der Waals surface area contributed by atoms with Gasteiger partial charge in [0.15, 0.2) is 5.15 Å².